The van der Waals surface area contributed by atoms with Crippen LogP contribution in [0.3, 0.4) is 0 Å². The molecule has 8 heteroatoms. The zero-order valence-corrected chi connectivity index (χ0v) is 15.8. The van der Waals surface area contributed by atoms with Gasteiger partial charge in [-0.05, 0) is 37.3 Å². The van der Waals surface area contributed by atoms with E-state index in [1.54, 1.807) is 36.4 Å². The molecule has 1 amide bonds. The number of carbonyl (C=O) groups excluding carboxylic acids is 4. The van der Waals surface area contributed by atoms with Crippen LogP contribution in [0.25, 0.3) is 0 Å². The van der Waals surface area contributed by atoms with E-state index < -0.39 is 18.4 Å². The fraction of sp³-hybridized carbons (Fsp3) is 0.200. The maximum absolute atomic E-state index is 12.4. The summed E-state index contributed by atoms with van der Waals surface area (Å²) in [5, 5.41) is 2.62. The SMILES string of the molecule is CC(=O)CSc1ccccc1C(=O)OCC(=O)c1ccc2c(c1)NC(=O)CO2. The summed E-state index contributed by atoms with van der Waals surface area (Å²) in [4.78, 5) is 47.9. The molecule has 0 fully saturated rings. The third-order valence-electron chi connectivity index (χ3n) is 3.81. The van der Waals surface area contributed by atoms with Crippen molar-refractivity contribution in [2.24, 2.45) is 0 Å². The number of fused-ring (bicyclic) bond motifs is 1. The van der Waals surface area contributed by atoms with Crippen LogP contribution in [0.2, 0.25) is 0 Å². The predicted octanol–water partition coefficient (Wildman–Crippen LogP) is 2.74. The fourth-order valence-electron chi connectivity index (χ4n) is 2.49. The molecule has 1 N–H and O–H groups in total. The number of Topliss-reactive ketones (excluding diaryl/α,β-unsaturated/α-hetero) is 2. The van der Waals surface area contributed by atoms with Crippen LogP contribution in [0.5, 0.6) is 5.75 Å². The molecule has 144 valence electrons. The van der Waals surface area contributed by atoms with E-state index in [2.05, 4.69) is 5.32 Å². The number of benzene rings is 2. The molecule has 1 heterocycles. The van der Waals surface area contributed by atoms with Crippen LogP contribution in [0, 0.1) is 0 Å². The fourth-order valence-corrected chi connectivity index (χ4v) is 3.33. The maximum Gasteiger partial charge on any atom is 0.339 e. The van der Waals surface area contributed by atoms with E-state index in [1.807, 2.05) is 0 Å². The summed E-state index contributed by atoms with van der Waals surface area (Å²) in [5.74, 6) is -0.648. The molecule has 0 saturated heterocycles. The zero-order chi connectivity index (χ0) is 20.1. The molecule has 3 rings (SSSR count). The van der Waals surface area contributed by atoms with Crippen molar-refractivity contribution in [3.8, 4) is 5.75 Å². The molecule has 28 heavy (non-hydrogen) atoms. The number of amides is 1. The minimum Gasteiger partial charge on any atom is -0.482 e. The average Bonchev–Trinajstić information content (AvgIpc) is 2.69. The molecule has 2 aromatic carbocycles. The van der Waals surface area contributed by atoms with Gasteiger partial charge in [-0.25, -0.2) is 4.79 Å². The summed E-state index contributed by atoms with van der Waals surface area (Å²) in [5.41, 5.74) is 0.989. The lowest BCUT2D eigenvalue weighted by Gasteiger charge is -2.18. The standard InChI is InChI=1S/C20H17NO6S/c1-12(22)11-28-18-5-3-2-4-14(18)20(25)27-9-16(23)13-6-7-17-15(8-13)21-19(24)10-26-17/h2-8H,9-11H2,1H3,(H,21,24). The largest absolute Gasteiger partial charge is 0.482 e. The van der Waals surface area contributed by atoms with Gasteiger partial charge >= 0.3 is 5.97 Å². The summed E-state index contributed by atoms with van der Waals surface area (Å²) in [7, 11) is 0. The molecule has 0 bridgehead atoms. The van der Waals surface area contributed by atoms with Crippen LogP contribution in [-0.4, -0.2) is 42.4 Å². The highest BCUT2D eigenvalue weighted by molar-refractivity contribution is 8.00. The highest BCUT2D eigenvalue weighted by Gasteiger charge is 2.19. The quantitative estimate of drug-likeness (QED) is 0.434. The number of esters is 1. The minimum absolute atomic E-state index is 0.00757. The van der Waals surface area contributed by atoms with E-state index in [1.165, 1.54) is 24.8 Å². The number of nitrogens with one attached hydrogen (secondary N) is 1. The van der Waals surface area contributed by atoms with E-state index in [4.69, 9.17) is 9.47 Å². The van der Waals surface area contributed by atoms with Gasteiger partial charge in [0, 0.05) is 10.5 Å². The van der Waals surface area contributed by atoms with E-state index in [-0.39, 0.29) is 29.6 Å². The number of ketones is 2. The van der Waals surface area contributed by atoms with Gasteiger partial charge in [-0.1, -0.05) is 12.1 Å². The molecule has 7 nitrogen and oxygen atoms in total. The number of thioether (sulfide) groups is 1. The van der Waals surface area contributed by atoms with Gasteiger partial charge in [0.25, 0.3) is 5.91 Å². The molecule has 0 aromatic heterocycles. The van der Waals surface area contributed by atoms with E-state index >= 15 is 0 Å². The van der Waals surface area contributed by atoms with Gasteiger partial charge in [-0.2, -0.15) is 0 Å². The molecule has 0 radical (unpaired) electrons. The Balaban J connectivity index is 1.65. The highest BCUT2D eigenvalue weighted by Crippen LogP contribution is 2.28. The van der Waals surface area contributed by atoms with Gasteiger partial charge in [0.15, 0.2) is 19.0 Å². The summed E-state index contributed by atoms with van der Waals surface area (Å²) in [6.45, 7) is 0.954. The average molecular weight is 399 g/mol. The normalized spacial score (nSPS) is 12.4. The molecule has 2 aromatic rings. The molecule has 0 saturated carbocycles. The Kier molecular flexibility index (Phi) is 6.10. The summed E-state index contributed by atoms with van der Waals surface area (Å²) in [6, 6.07) is 11.4. The lowest BCUT2D eigenvalue weighted by molar-refractivity contribution is -0.118. The number of hydrogen-bond donors (Lipinski definition) is 1. The Morgan fingerprint density at radius 2 is 1.96 bits per heavy atom. The van der Waals surface area contributed by atoms with Crippen LogP contribution in [0.1, 0.15) is 27.6 Å². The predicted molar refractivity (Wildman–Crippen MR) is 103 cm³/mol. The van der Waals surface area contributed by atoms with Gasteiger partial charge in [-0.15, -0.1) is 11.8 Å². The minimum atomic E-state index is -0.644. The molecule has 0 unspecified atom stereocenters. The number of carbonyl (C=O) groups is 4. The van der Waals surface area contributed by atoms with Gasteiger partial charge < -0.3 is 14.8 Å². The van der Waals surface area contributed by atoms with Crippen LogP contribution >= 0.6 is 11.8 Å². The molecule has 0 aliphatic carbocycles. The smallest absolute Gasteiger partial charge is 0.339 e. The molecule has 1 aliphatic rings. The monoisotopic (exact) mass is 399 g/mol. The van der Waals surface area contributed by atoms with Crippen LogP contribution < -0.4 is 10.1 Å². The number of ether oxygens (including phenoxy) is 2. The van der Waals surface area contributed by atoms with Crippen LogP contribution in [0.15, 0.2) is 47.4 Å². The summed E-state index contributed by atoms with van der Waals surface area (Å²) < 4.78 is 10.4. The van der Waals surface area contributed by atoms with Crippen molar-refractivity contribution in [3.63, 3.8) is 0 Å². The van der Waals surface area contributed by atoms with Crippen molar-refractivity contribution >= 4 is 40.9 Å². The topological polar surface area (TPSA) is 98.8 Å². The van der Waals surface area contributed by atoms with Gasteiger partial charge in [0.2, 0.25) is 0 Å². The number of hydrogen-bond acceptors (Lipinski definition) is 7. The Labute approximate surface area is 165 Å². The van der Waals surface area contributed by atoms with E-state index in [0.717, 1.165) is 0 Å². The Hall–Kier alpha value is -3.13. The Morgan fingerprint density at radius 1 is 1.18 bits per heavy atom. The second kappa shape index (κ2) is 8.71. The van der Waals surface area contributed by atoms with Gasteiger partial charge in [0.1, 0.15) is 11.5 Å². The second-order valence-electron chi connectivity index (χ2n) is 6.03. The van der Waals surface area contributed by atoms with E-state index in [0.29, 0.717) is 21.9 Å². The lowest BCUT2D eigenvalue weighted by atomic mass is 10.1. The zero-order valence-electron chi connectivity index (χ0n) is 15.0. The van der Waals surface area contributed by atoms with Gasteiger partial charge in [-0.3, -0.25) is 14.4 Å². The third-order valence-corrected chi connectivity index (χ3v) is 5.02. The first kappa shape index (κ1) is 19.6. The van der Waals surface area contributed by atoms with Crippen molar-refractivity contribution in [1.29, 1.82) is 0 Å². The van der Waals surface area contributed by atoms with E-state index in [9.17, 15) is 19.2 Å². The highest BCUT2D eigenvalue weighted by atomic mass is 32.2. The molecule has 0 spiro atoms. The summed E-state index contributed by atoms with van der Waals surface area (Å²) in [6.07, 6.45) is 0. The number of anilines is 1. The van der Waals surface area contributed by atoms with Crippen molar-refractivity contribution in [2.45, 2.75) is 11.8 Å². The lowest BCUT2D eigenvalue weighted by Crippen LogP contribution is -2.25. The van der Waals surface area contributed by atoms with Crippen molar-refractivity contribution < 1.29 is 28.7 Å². The van der Waals surface area contributed by atoms with Crippen molar-refractivity contribution in [2.75, 3.05) is 24.3 Å². The summed E-state index contributed by atoms with van der Waals surface area (Å²) >= 11 is 1.24. The maximum atomic E-state index is 12.4. The first-order valence-corrected chi connectivity index (χ1v) is 9.41. The Morgan fingerprint density at radius 3 is 2.75 bits per heavy atom. The molecular formula is C20H17NO6S. The first-order chi connectivity index (χ1) is 13.4. The van der Waals surface area contributed by atoms with Crippen LogP contribution in [-0.2, 0) is 14.3 Å². The third kappa shape index (κ3) is 4.77. The first-order valence-electron chi connectivity index (χ1n) is 8.42. The molecular weight excluding hydrogens is 382 g/mol. The van der Waals surface area contributed by atoms with Crippen LogP contribution in [0.4, 0.5) is 5.69 Å². The number of rotatable bonds is 7. The Bertz CT molecular complexity index is 955. The second-order valence-corrected chi connectivity index (χ2v) is 7.05. The molecule has 1 aliphatic heterocycles. The van der Waals surface area contributed by atoms with Crippen molar-refractivity contribution in [1.82, 2.24) is 0 Å². The molecule has 0 atom stereocenters. The van der Waals surface area contributed by atoms with Gasteiger partial charge in [0.05, 0.1) is 17.0 Å². The van der Waals surface area contributed by atoms with Crippen molar-refractivity contribution in [3.05, 3.63) is 53.6 Å².